The monoisotopic (exact) mass is 233 g/mol. The highest BCUT2D eigenvalue weighted by Crippen LogP contribution is 2.04. The van der Waals surface area contributed by atoms with Crippen LogP contribution in [-0.4, -0.2) is 42.6 Å². The lowest BCUT2D eigenvalue weighted by Gasteiger charge is -2.18. The van der Waals surface area contributed by atoms with E-state index in [2.05, 4.69) is 5.92 Å². The number of hydrogen-bond donors (Lipinski definition) is 1. The Labute approximate surface area is 90.1 Å². The van der Waals surface area contributed by atoms with Gasteiger partial charge in [0.2, 0.25) is 10.0 Å². The molecule has 6 heteroatoms. The molecule has 1 N–H and O–H groups in total. The molecule has 0 aromatic rings. The standard InChI is InChI=1S/C9H15NO4S/c1-3-6-10(7-4-2)15(13,14)8-5-9(11)12/h1H,4-8H2,2H3,(H,11,12). The Bertz CT molecular complexity index is 342. The molecule has 0 amide bonds. The fraction of sp³-hybridized carbons (Fsp3) is 0.667. The maximum absolute atomic E-state index is 11.6. The van der Waals surface area contributed by atoms with Crippen LogP contribution in [0.25, 0.3) is 0 Å². The second-order valence-corrected chi connectivity index (χ2v) is 5.09. The van der Waals surface area contributed by atoms with Gasteiger partial charge in [0.05, 0.1) is 18.7 Å². The van der Waals surface area contributed by atoms with Crippen LogP contribution in [-0.2, 0) is 14.8 Å². The van der Waals surface area contributed by atoms with E-state index >= 15 is 0 Å². The van der Waals surface area contributed by atoms with Crippen LogP contribution in [0.15, 0.2) is 0 Å². The molecule has 0 radical (unpaired) electrons. The number of carbonyl (C=O) groups is 1. The average molecular weight is 233 g/mol. The largest absolute Gasteiger partial charge is 0.481 e. The lowest BCUT2D eigenvalue weighted by atomic mass is 10.5. The molecule has 0 unspecified atom stereocenters. The van der Waals surface area contributed by atoms with Gasteiger partial charge in [-0.2, -0.15) is 4.31 Å². The summed E-state index contributed by atoms with van der Waals surface area (Å²) in [5, 5.41) is 8.40. The van der Waals surface area contributed by atoms with Crippen molar-refractivity contribution >= 4 is 16.0 Å². The zero-order chi connectivity index (χ0) is 11.9. The average Bonchev–Trinajstić information content (AvgIpc) is 2.15. The van der Waals surface area contributed by atoms with Gasteiger partial charge in [0.15, 0.2) is 0 Å². The zero-order valence-electron chi connectivity index (χ0n) is 8.64. The summed E-state index contributed by atoms with van der Waals surface area (Å²) < 4.78 is 24.3. The minimum atomic E-state index is -3.53. The van der Waals surface area contributed by atoms with Crippen molar-refractivity contribution in [2.24, 2.45) is 0 Å². The molecule has 0 heterocycles. The Kier molecular flexibility index (Phi) is 5.97. The smallest absolute Gasteiger partial charge is 0.304 e. The van der Waals surface area contributed by atoms with E-state index in [-0.39, 0.29) is 6.54 Å². The quantitative estimate of drug-likeness (QED) is 0.634. The van der Waals surface area contributed by atoms with Crippen LogP contribution in [0.3, 0.4) is 0 Å². The number of sulfonamides is 1. The van der Waals surface area contributed by atoms with Crippen molar-refractivity contribution in [2.75, 3.05) is 18.8 Å². The molecule has 0 aliphatic rings. The Balaban J connectivity index is 4.50. The summed E-state index contributed by atoms with van der Waals surface area (Å²) in [6, 6.07) is 0. The van der Waals surface area contributed by atoms with Crippen molar-refractivity contribution in [1.29, 1.82) is 0 Å². The predicted octanol–water partition coefficient (Wildman–Crippen LogP) is 0.136. The normalized spacial score (nSPS) is 11.3. The summed E-state index contributed by atoms with van der Waals surface area (Å²) in [6.45, 7) is 2.15. The third kappa shape index (κ3) is 5.40. The van der Waals surface area contributed by atoms with E-state index in [4.69, 9.17) is 11.5 Å². The molecule has 0 rings (SSSR count). The van der Waals surface area contributed by atoms with Crippen molar-refractivity contribution in [3.8, 4) is 12.3 Å². The SMILES string of the molecule is C#CCN(CCC)S(=O)(=O)CCC(=O)O. The van der Waals surface area contributed by atoms with Crippen LogP contribution in [0.5, 0.6) is 0 Å². The van der Waals surface area contributed by atoms with Crippen molar-refractivity contribution in [3.63, 3.8) is 0 Å². The molecule has 5 nitrogen and oxygen atoms in total. The van der Waals surface area contributed by atoms with Crippen LogP contribution in [0.1, 0.15) is 19.8 Å². The van der Waals surface area contributed by atoms with Gasteiger partial charge in [-0.3, -0.25) is 4.79 Å². The molecular formula is C9H15NO4S. The summed E-state index contributed by atoms with van der Waals surface area (Å²) >= 11 is 0. The molecule has 0 bridgehead atoms. The van der Waals surface area contributed by atoms with Gasteiger partial charge in [0, 0.05) is 6.54 Å². The first-order valence-electron chi connectivity index (χ1n) is 4.57. The van der Waals surface area contributed by atoms with Crippen LogP contribution < -0.4 is 0 Å². The summed E-state index contributed by atoms with van der Waals surface area (Å²) in [5.41, 5.74) is 0. The van der Waals surface area contributed by atoms with Crippen LogP contribution in [0.4, 0.5) is 0 Å². The first-order chi connectivity index (χ1) is 6.94. The molecule has 86 valence electrons. The maximum Gasteiger partial charge on any atom is 0.304 e. The lowest BCUT2D eigenvalue weighted by Crippen LogP contribution is -2.34. The Morgan fingerprint density at radius 3 is 2.53 bits per heavy atom. The minimum Gasteiger partial charge on any atom is -0.481 e. The number of rotatable bonds is 7. The first-order valence-corrected chi connectivity index (χ1v) is 6.18. The van der Waals surface area contributed by atoms with E-state index in [9.17, 15) is 13.2 Å². The molecule has 0 aromatic heterocycles. The molecule has 0 saturated carbocycles. The van der Waals surface area contributed by atoms with Gasteiger partial charge >= 0.3 is 5.97 Å². The predicted molar refractivity (Wildman–Crippen MR) is 56.7 cm³/mol. The molecule has 0 fully saturated rings. The van der Waals surface area contributed by atoms with Crippen LogP contribution in [0.2, 0.25) is 0 Å². The molecule has 0 spiro atoms. The summed E-state index contributed by atoms with van der Waals surface area (Å²) in [5.74, 6) is 0.718. The maximum atomic E-state index is 11.6. The van der Waals surface area contributed by atoms with Crippen LogP contribution in [0, 0.1) is 12.3 Å². The summed E-state index contributed by atoms with van der Waals surface area (Å²) in [4.78, 5) is 10.3. The van der Waals surface area contributed by atoms with Gasteiger partial charge in [-0.15, -0.1) is 6.42 Å². The molecule has 0 saturated heterocycles. The van der Waals surface area contributed by atoms with Gasteiger partial charge in [0.1, 0.15) is 0 Å². The highest BCUT2D eigenvalue weighted by molar-refractivity contribution is 7.89. The zero-order valence-corrected chi connectivity index (χ0v) is 9.46. The van der Waals surface area contributed by atoms with Crippen molar-refractivity contribution < 1.29 is 18.3 Å². The Morgan fingerprint density at radius 2 is 2.13 bits per heavy atom. The number of carboxylic acids is 1. The molecule has 0 aromatic carbocycles. The second-order valence-electron chi connectivity index (χ2n) is 3.00. The van der Waals surface area contributed by atoms with Gasteiger partial charge in [-0.1, -0.05) is 12.8 Å². The van der Waals surface area contributed by atoms with E-state index in [1.165, 1.54) is 0 Å². The molecule has 0 atom stereocenters. The van der Waals surface area contributed by atoms with Crippen molar-refractivity contribution in [2.45, 2.75) is 19.8 Å². The minimum absolute atomic E-state index is 0.00417. The van der Waals surface area contributed by atoms with Gasteiger partial charge in [-0.25, -0.2) is 8.42 Å². The summed E-state index contributed by atoms with van der Waals surface area (Å²) in [6.07, 6.45) is 5.29. The number of nitrogens with zero attached hydrogens (tertiary/aromatic N) is 1. The van der Waals surface area contributed by atoms with E-state index in [0.717, 1.165) is 4.31 Å². The van der Waals surface area contributed by atoms with Gasteiger partial charge in [0.25, 0.3) is 0 Å². The Morgan fingerprint density at radius 1 is 1.53 bits per heavy atom. The molecule has 15 heavy (non-hydrogen) atoms. The van der Waals surface area contributed by atoms with E-state index in [0.29, 0.717) is 13.0 Å². The Hall–Kier alpha value is -1.06. The van der Waals surface area contributed by atoms with Gasteiger partial charge < -0.3 is 5.11 Å². The third-order valence-corrected chi connectivity index (χ3v) is 3.53. The number of hydrogen-bond acceptors (Lipinski definition) is 3. The van der Waals surface area contributed by atoms with E-state index in [1.54, 1.807) is 0 Å². The van der Waals surface area contributed by atoms with Crippen molar-refractivity contribution in [1.82, 2.24) is 4.31 Å². The highest BCUT2D eigenvalue weighted by Gasteiger charge is 2.21. The number of aliphatic carboxylic acids is 1. The lowest BCUT2D eigenvalue weighted by molar-refractivity contribution is -0.136. The fourth-order valence-corrected chi connectivity index (χ4v) is 2.44. The summed E-state index contributed by atoms with van der Waals surface area (Å²) in [7, 11) is -3.53. The first kappa shape index (κ1) is 13.9. The van der Waals surface area contributed by atoms with Crippen molar-refractivity contribution in [3.05, 3.63) is 0 Å². The third-order valence-electron chi connectivity index (χ3n) is 1.71. The van der Waals surface area contributed by atoms with Gasteiger partial charge in [-0.05, 0) is 6.42 Å². The number of terminal acetylenes is 1. The molecular weight excluding hydrogens is 218 g/mol. The molecule has 0 aliphatic carbocycles. The number of carboxylic acid groups (broad SMARTS) is 1. The highest BCUT2D eigenvalue weighted by atomic mass is 32.2. The molecule has 0 aliphatic heterocycles. The van der Waals surface area contributed by atoms with E-state index < -0.39 is 28.2 Å². The van der Waals surface area contributed by atoms with E-state index in [1.807, 2.05) is 6.92 Å². The van der Waals surface area contributed by atoms with Crippen LogP contribution >= 0.6 is 0 Å². The fourth-order valence-electron chi connectivity index (χ4n) is 1.01. The second kappa shape index (κ2) is 6.43. The topological polar surface area (TPSA) is 74.7 Å².